The molecule has 0 fully saturated rings. The van der Waals surface area contributed by atoms with E-state index in [2.05, 4.69) is 19.1 Å². The molecule has 2 rings (SSSR count). The van der Waals surface area contributed by atoms with E-state index in [1.165, 1.54) is 11.1 Å². The second-order valence-electron chi connectivity index (χ2n) is 4.51. The van der Waals surface area contributed by atoms with Crippen LogP contribution < -0.4 is 0 Å². The van der Waals surface area contributed by atoms with Crippen molar-refractivity contribution in [1.82, 2.24) is 0 Å². The Kier molecular flexibility index (Phi) is 3.67. The Hall–Kier alpha value is -0.790. The van der Waals surface area contributed by atoms with Crippen LogP contribution in [0.3, 0.4) is 0 Å². The minimum absolute atomic E-state index is 0.125. The quantitative estimate of drug-likeness (QED) is 0.780. The number of rotatable bonds is 2. The molecule has 0 aliphatic heterocycles. The third-order valence-electron chi connectivity index (χ3n) is 3.32. The summed E-state index contributed by atoms with van der Waals surface area (Å²) in [4.78, 5) is 0. The third-order valence-corrected chi connectivity index (χ3v) is 3.91. The van der Waals surface area contributed by atoms with E-state index >= 15 is 0 Å². The summed E-state index contributed by atoms with van der Waals surface area (Å²) in [5.41, 5.74) is 3.61. The highest BCUT2D eigenvalue weighted by molar-refractivity contribution is 6.21. The molecule has 1 nitrogen and oxygen atoms in total. The summed E-state index contributed by atoms with van der Waals surface area (Å²) in [5.74, 6) is 0.479. The molecule has 0 spiro atoms. The molecule has 0 saturated heterocycles. The van der Waals surface area contributed by atoms with Crippen molar-refractivity contribution in [2.45, 2.75) is 25.1 Å². The SMILES string of the molecule is CC1CC(c2ccccc2)=C(CO)C[C@H]1Cl. The molecule has 1 aromatic carbocycles. The van der Waals surface area contributed by atoms with Gasteiger partial charge in [-0.1, -0.05) is 37.3 Å². The van der Waals surface area contributed by atoms with Gasteiger partial charge in [-0.2, -0.15) is 0 Å². The van der Waals surface area contributed by atoms with Crippen LogP contribution >= 0.6 is 11.6 Å². The zero-order valence-electron chi connectivity index (χ0n) is 9.49. The minimum Gasteiger partial charge on any atom is -0.392 e. The highest BCUT2D eigenvalue weighted by atomic mass is 35.5. The van der Waals surface area contributed by atoms with Crippen molar-refractivity contribution in [2.75, 3.05) is 6.61 Å². The molecule has 0 saturated carbocycles. The van der Waals surface area contributed by atoms with Gasteiger partial charge in [0.2, 0.25) is 0 Å². The summed E-state index contributed by atoms with van der Waals surface area (Å²) < 4.78 is 0. The summed E-state index contributed by atoms with van der Waals surface area (Å²) in [6.07, 6.45) is 1.78. The van der Waals surface area contributed by atoms with Gasteiger partial charge in [0.25, 0.3) is 0 Å². The molecule has 2 atom stereocenters. The molecule has 0 radical (unpaired) electrons. The molecule has 0 amide bonds. The molecule has 0 bridgehead atoms. The topological polar surface area (TPSA) is 20.2 Å². The first-order chi connectivity index (χ1) is 7.72. The largest absolute Gasteiger partial charge is 0.392 e. The fourth-order valence-corrected chi connectivity index (χ4v) is 2.55. The summed E-state index contributed by atoms with van der Waals surface area (Å²) in [6, 6.07) is 10.3. The maximum Gasteiger partial charge on any atom is 0.0648 e. The van der Waals surface area contributed by atoms with Gasteiger partial charge < -0.3 is 5.11 Å². The van der Waals surface area contributed by atoms with Crippen LogP contribution in [0.4, 0.5) is 0 Å². The lowest BCUT2D eigenvalue weighted by atomic mass is 9.82. The Morgan fingerprint density at radius 1 is 1.25 bits per heavy atom. The van der Waals surface area contributed by atoms with Gasteiger partial charge in [-0.05, 0) is 35.5 Å². The van der Waals surface area contributed by atoms with Gasteiger partial charge in [-0.3, -0.25) is 0 Å². The number of allylic oxidation sites excluding steroid dienone is 1. The molecule has 16 heavy (non-hydrogen) atoms. The Balaban J connectivity index is 2.37. The summed E-state index contributed by atoms with van der Waals surface area (Å²) in [7, 11) is 0. The molecule has 1 aliphatic carbocycles. The number of halogens is 1. The molecule has 1 aliphatic rings. The van der Waals surface area contributed by atoms with Crippen LogP contribution in [0.1, 0.15) is 25.3 Å². The minimum atomic E-state index is 0.125. The van der Waals surface area contributed by atoms with Crippen molar-refractivity contribution in [3.8, 4) is 0 Å². The lowest BCUT2D eigenvalue weighted by molar-refractivity contribution is 0.320. The maximum absolute atomic E-state index is 9.41. The Morgan fingerprint density at radius 2 is 1.94 bits per heavy atom. The third kappa shape index (κ3) is 2.31. The normalized spacial score (nSPS) is 25.9. The zero-order valence-corrected chi connectivity index (χ0v) is 10.2. The van der Waals surface area contributed by atoms with E-state index in [1.807, 2.05) is 18.2 Å². The van der Waals surface area contributed by atoms with Crippen LogP contribution in [0.5, 0.6) is 0 Å². The first kappa shape index (κ1) is 11.7. The monoisotopic (exact) mass is 236 g/mol. The van der Waals surface area contributed by atoms with Crippen LogP contribution in [0.25, 0.3) is 5.57 Å². The van der Waals surface area contributed by atoms with Crippen LogP contribution in [-0.2, 0) is 0 Å². The first-order valence-corrected chi connectivity index (χ1v) is 6.17. The van der Waals surface area contributed by atoms with Crippen LogP contribution in [0, 0.1) is 5.92 Å². The van der Waals surface area contributed by atoms with Crippen molar-refractivity contribution in [3.63, 3.8) is 0 Å². The van der Waals surface area contributed by atoms with Crippen LogP contribution in [0.15, 0.2) is 35.9 Å². The van der Waals surface area contributed by atoms with Crippen molar-refractivity contribution >= 4 is 17.2 Å². The Labute approximate surface area is 102 Å². The second-order valence-corrected chi connectivity index (χ2v) is 5.07. The van der Waals surface area contributed by atoms with E-state index < -0.39 is 0 Å². The smallest absolute Gasteiger partial charge is 0.0648 e. The van der Waals surface area contributed by atoms with Gasteiger partial charge in [0, 0.05) is 5.38 Å². The van der Waals surface area contributed by atoms with Gasteiger partial charge in [-0.25, -0.2) is 0 Å². The van der Waals surface area contributed by atoms with Crippen molar-refractivity contribution < 1.29 is 5.11 Å². The van der Waals surface area contributed by atoms with Gasteiger partial charge >= 0.3 is 0 Å². The zero-order chi connectivity index (χ0) is 11.5. The number of hydrogen-bond acceptors (Lipinski definition) is 1. The van der Waals surface area contributed by atoms with Crippen molar-refractivity contribution in [3.05, 3.63) is 41.5 Å². The molecule has 86 valence electrons. The van der Waals surface area contributed by atoms with Crippen LogP contribution in [-0.4, -0.2) is 17.1 Å². The van der Waals surface area contributed by atoms with Gasteiger partial charge in [-0.15, -0.1) is 11.6 Å². The average Bonchev–Trinajstić information content (AvgIpc) is 2.33. The first-order valence-electron chi connectivity index (χ1n) is 5.73. The van der Waals surface area contributed by atoms with Gasteiger partial charge in [0.15, 0.2) is 0 Å². The molecular formula is C14H17ClO. The van der Waals surface area contributed by atoms with E-state index in [9.17, 15) is 5.11 Å². The lowest BCUT2D eigenvalue weighted by Crippen LogP contribution is -2.20. The second kappa shape index (κ2) is 5.03. The number of hydrogen-bond donors (Lipinski definition) is 1. The molecule has 2 heteroatoms. The molecule has 1 aromatic rings. The number of aliphatic hydroxyl groups is 1. The lowest BCUT2D eigenvalue weighted by Gasteiger charge is -2.28. The fraction of sp³-hybridized carbons (Fsp3) is 0.429. The number of benzene rings is 1. The van der Waals surface area contributed by atoms with Gasteiger partial charge in [0.1, 0.15) is 0 Å². The number of aliphatic hydroxyl groups excluding tert-OH is 1. The molecule has 1 N–H and O–H groups in total. The van der Waals surface area contributed by atoms with Crippen LogP contribution in [0.2, 0.25) is 0 Å². The summed E-state index contributed by atoms with van der Waals surface area (Å²) in [5, 5.41) is 9.57. The summed E-state index contributed by atoms with van der Waals surface area (Å²) >= 11 is 6.25. The van der Waals surface area contributed by atoms with E-state index in [4.69, 9.17) is 11.6 Å². The average molecular weight is 237 g/mol. The van der Waals surface area contributed by atoms with Crippen molar-refractivity contribution in [1.29, 1.82) is 0 Å². The molecular weight excluding hydrogens is 220 g/mol. The van der Waals surface area contributed by atoms with Gasteiger partial charge in [0.05, 0.1) is 6.61 Å². The van der Waals surface area contributed by atoms with E-state index in [1.54, 1.807) is 0 Å². The highest BCUT2D eigenvalue weighted by Crippen LogP contribution is 2.37. The summed E-state index contributed by atoms with van der Waals surface area (Å²) in [6.45, 7) is 2.30. The molecule has 1 unspecified atom stereocenters. The number of alkyl halides is 1. The molecule has 0 aromatic heterocycles. The van der Waals surface area contributed by atoms with Crippen molar-refractivity contribution in [2.24, 2.45) is 5.92 Å². The maximum atomic E-state index is 9.41. The van der Waals surface area contributed by atoms with E-state index in [-0.39, 0.29) is 12.0 Å². The Bertz CT molecular complexity index is 383. The standard InChI is InChI=1S/C14H17ClO/c1-10-7-13(11-5-3-2-4-6-11)12(9-16)8-14(10)15/h2-6,10,14,16H,7-9H2,1H3/t10?,14-/m1/s1. The molecule has 0 heterocycles. The highest BCUT2D eigenvalue weighted by Gasteiger charge is 2.25. The van der Waals surface area contributed by atoms with E-state index in [0.717, 1.165) is 18.4 Å². The Morgan fingerprint density at radius 3 is 2.56 bits per heavy atom. The van der Waals surface area contributed by atoms with E-state index in [0.29, 0.717) is 5.92 Å². The predicted octanol–water partition coefficient (Wildman–Crippen LogP) is 3.47. The fourth-order valence-electron chi connectivity index (χ4n) is 2.28. The predicted molar refractivity (Wildman–Crippen MR) is 68.5 cm³/mol.